The molecule has 0 bridgehead atoms. The van der Waals surface area contributed by atoms with Crippen LogP contribution in [0.3, 0.4) is 0 Å². The smallest absolute Gasteiger partial charge is 0.332 e. The second-order valence-electron chi connectivity index (χ2n) is 3.43. The number of nitrogens with zero attached hydrogens (tertiary/aromatic N) is 1. The highest BCUT2D eigenvalue weighted by atomic mass is 32.2. The quantitative estimate of drug-likeness (QED) is 0.536. The van der Waals surface area contributed by atoms with Crippen molar-refractivity contribution < 1.29 is 22.7 Å². The van der Waals surface area contributed by atoms with E-state index in [4.69, 9.17) is 0 Å². The zero-order valence-corrected chi connectivity index (χ0v) is 10.7. The summed E-state index contributed by atoms with van der Waals surface area (Å²) in [4.78, 5) is 23.4. The van der Waals surface area contributed by atoms with Crippen LogP contribution in [0.5, 0.6) is 0 Å². The Balaban J connectivity index is 2.64. The van der Waals surface area contributed by atoms with Gasteiger partial charge in [0.2, 0.25) is 0 Å². The van der Waals surface area contributed by atoms with Gasteiger partial charge in [0.15, 0.2) is 11.8 Å². The van der Waals surface area contributed by atoms with Gasteiger partial charge in [-0.1, -0.05) is 0 Å². The van der Waals surface area contributed by atoms with Crippen molar-refractivity contribution in [3.63, 3.8) is 0 Å². The lowest BCUT2D eigenvalue weighted by atomic mass is 10.1. The Morgan fingerprint density at radius 1 is 1.53 bits per heavy atom. The highest BCUT2D eigenvalue weighted by Crippen LogP contribution is 2.33. The molecule has 1 aromatic heterocycles. The van der Waals surface area contributed by atoms with Crippen molar-refractivity contribution in [2.24, 2.45) is 0 Å². The van der Waals surface area contributed by atoms with E-state index < -0.39 is 27.8 Å². The molecule has 2 heterocycles. The molecule has 0 saturated carbocycles. The number of esters is 1. The third kappa shape index (κ3) is 1.60. The average molecular weight is 275 g/mol. The van der Waals surface area contributed by atoms with Crippen LogP contribution in [0.4, 0.5) is 0 Å². The molecule has 0 aliphatic carbocycles. The van der Waals surface area contributed by atoms with Crippen molar-refractivity contribution in [3.8, 4) is 0 Å². The van der Waals surface area contributed by atoms with Crippen molar-refractivity contribution in [2.45, 2.75) is 10.3 Å². The van der Waals surface area contributed by atoms with Crippen LogP contribution in [0.1, 0.15) is 10.4 Å². The molecule has 0 fully saturated rings. The summed E-state index contributed by atoms with van der Waals surface area (Å²) >= 11 is 0.959. The summed E-state index contributed by atoms with van der Waals surface area (Å²) in [5, 5.41) is 1.51. The molecule has 1 atom stereocenters. The minimum Gasteiger partial charge on any atom is -0.467 e. The van der Waals surface area contributed by atoms with Gasteiger partial charge in [-0.15, -0.1) is 11.3 Å². The molecule has 0 N–H and O–H groups in total. The minimum absolute atomic E-state index is 0.0230. The molecule has 2 rings (SSSR count). The molecule has 0 unspecified atom stereocenters. The molecule has 92 valence electrons. The first kappa shape index (κ1) is 12.2. The van der Waals surface area contributed by atoms with Gasteiger partial charge in [-0.2, -0.15) is 4.31 Å². The summed E-state index contributed by atoms with van der Waals surface area (Å²) in [7, 11) is -1.48. The number of rotatable bonds is 1. The van der Waals surface area contributed by atoms with Gasteiger partial charge < -0.3 is 4.74 Å². The van der Waals surface area contributed by atoms with Crippen LogP contribution in [-0.4, -0.2) is 44.7 Å². The van der Waals surface area contributed by atoms with Crippen LogP contribution in [0.2, 0.25) is 0 Å². The Morgan fingerprint density at radius 3 is 2.76 bits per heavy atom. The van der Waals surface area contributed by atoms with Crippen LogP contribution >= 0.6 is 11.3 Å². The first-order valence-corrected chi connectivity index (χ1v) is 6.90. The molecule has 0 spiro atoms. The SMILES string of the molecule is COC(=O)[C@H]1C(=O)c2ccsc2S(=O)(=O)N1C. The summed E-state index contributed by atoms with van der Waals surface area (Å²) in [6, 6.07) is -0.0184. The molecule has 1 aliphatic rings. The predicted molar refractivity (Wildman–Crippen MR) is 59.4 cm³/mol. The number of ketones is 1. The number of fused-ring (bicyclic) bond motifs is 1. The third-order valence-electron chi connectivity index (χ3n) is 2.54. The number of Topliss-reactive ketones (excluding diaryl/α,β-unsaturated/α-hetero) is 1. The van der Waals surface area contributed by atoms with Crippen molar-refractivity contribution in [2.75, 3.05) is 14.2 Å². The normalized spacial score (nSPS) is 23.2. The maximum Gasteiger partial charge on any atom is 0.332 e. The largest absolute Gasteiger partial charge is 0.467 e. The lowest BCUT2D eigenvalue weighted by Gasteiger charge is -2.28. The topological polar surface area (TPSA) is 80.8 Å². The van der Waals surface area contributed by atoms with E-state index >= 15 is 0 Å². The van der Waals surface area contributed by atoms with Gasteiger partial charge in [-0.3, -0.25) is 4.79 Å². The Hall–Kier alpha value is -1.25. The van der Waals surface area contributed by atoms with Crippen molar-refractivity contribution in [1.82, 2.24) is 4.31 Å². The van der Waals surface area contributed by atoms with E-state index in [0.29, 0.717) is 0 Å². The molecule has 8 heteroatoms. The fourth-order valence-electron chi connectivity index (χ4n) is 1.63. The van der Waals surface area contributed by atoms with Gasteiger partial charge >= 0.3 is 5.97 Å². The number of hydrogen-bond acceptors (Lipinski definition) is 6. The van der Waals surface area contributed by atoms with Crippen molar-refractivity contribution in [3.05, 3.63) is 17.0 Å². The Labute approximate surface area is 102 Å². The van der Waals surface area contributed by atoms with Crippen LogP contribution in [0.15, 0.2) is 15.7 Å². The van der Waals surface area contributed by atoms with Gasteiger partial charge in [0, 0.05) is 7.05 Å². The van der Waals surface area contributed by atoms with E-state index in [1.54, 1.807) is 0 Å². The Bertz CT molecular complexity index is 588. The fraction of sp³-hybridized carbons (Fsp3) is 0.333. The van der Waals surface area contributed by atoms with E-state index in [1.165, 1.54) is 18.5 Å². The molecule has 0 saturated heterocycles. The second kappa shape index (κ2) is 3.90. The zero-order chi connectivity index (χ0) is 12.8. The molecule has 17 heavy (non-hydrogen) atoms. The number of ether oxygens (including phenoxy) is 1. The summed E-state index contributed by atoms with van der Waals surface area (Å²) in [5.74, 6) is -1.43. The minimum atomic E-state index is -3.78. The summed E-state index contributed by atoms with van der Waals surface area (Å²) in [5.41, 5.74) is 0.0588. The standard InChI is InChI=1S/C9H9NO5S2/c1-10-6(8(12)15-2)7(11)5-3-4-16-9(5)17(10,13)14/h3-4,6H,1-2H3/t6-/m1/s1. The number of thiophene rings is 1. The summed E-state index contributed by atoms with van der Waals surface area (Å²) in [6.45, 7) is 0. The molecule has 6 nitrogen and oxygen atoms in total. The zero-order valence-electron chi connectivity index (χ0n) is 9.04. The third-order valence-corrected chi connectivity index (χ3v) is 5.83. The molecular formula is C9H9NO5S2. The number of sulfonamides is 1. The number of carbonyl (C=O) groups is 2. The van der Waals surface area contributed by atoms with Gasteiger partial charge in [-0.05, 0) is 11.4 Å². The molecule has 0 aromatic carbocycles. The first-order valence-electron chi connectivity index (χ1n) is 4.59. The van der Waals surface area contributed by atoms with Crippen LogP contribution in [-0.2, 0) is 19.6 Å². The van der Waals surface area contributed by atoms with Crippen LogP contribution in [0, 0.1) is 0 Å². The van der Waals surface area contributed by atoms with Crippen molar-refractivity contribution >= 4 is 33.1 Å². The first-order chi connectivity index (χ1) is 7.91. The Kier molecular flexibility index (Phi) is 2.80. The highest BCUT2D eigenvalue weighted by Gasteiger charge is 2.46. The number of methoxy groups -OCH3 is 1. The van der Waals surface area contributed by atoms with E-state index in [1.807, 2.05) is 0 Å². The molecule has 1 aromatic rings. The predicted octanol–water partition coefficient (Wildman–Crippen LogP) is 0.107. The van der Waals surface area contributed by atoms with E-state index in [0.717, 1.165) is 22.8 Å². The average Bonchev–Trinajstić information content (AvgIpc) is 2.76. The maximum absolute atomic E-state index is 12.0. The molecule has 1 aliphatic heterocycles. The van der Waals surface area contributed by atoms with Crippen molar-refractivity contribution in [1.29, 1.82) is 0 Å². The number of likely N-dealkylation sites (N-methyl/N-ethyl adjacent to an activating group) is 1. The van der Waals surface area contributed by atoms with Gasteiger partial charge in [0.1, 0.15) is 4.21 Å². The number of hydrogen-bond donors (Lipinski definition) is 0. The van der Waals surface area contributed by atoms with Gasteiger partial charge in [0.05, 0.1) is 12.7 Å². The number of carbonyl (C=O) groups excluding carboxylic acids is 2. The maximum atomic E-state index is 12.0. The Morgan fingerprint density at radius 2 is 2.18 bits per heavy atom. The van der Waals surface area contributed by atoms with Crippen LogP contribution < -0.4 is 0 Å². The lowest BCUT2D eigenvalue weighted by Crippen LogP contribution is -2.51. The molecule has 0 amide bonds. The van der Waals surface area contributed by atoms with E-state index in [9.17, 15) is 18.0 Å². The fourth-order valence-corrected chi connectivity index (χ4v) is 4.42. The lowest BCUT2D eigenvalue weighted by molar-refractivity contribution is -0.143. The van der Waals surface area contributed by atoms with Crippen LogP contribution in [0.25, 0.3) is 0 Å². The second-order valence-corrected chi connectivity index (χ2v) is 6.54. The summed E-state index contributed by atoms with van der Waals surface area (Å²) < 4.78 is 29.2. The van der Waals surface area contributed by atoms with Gasteiger partial charge in [0.25, 0.3) is 10.0 Å². The van der Waals surface area contributed by atoms with Gasteiger partial charge in [-0.25, -0.2) is 13.2 Å². The van der Waals surface area contributed by atoms with E-state index in [2.05, 4.69) is 4.74 Å². The molecule has 0 radical (unpaired) electrons. The summed E-state index contributed by atoms with van der Waals surface area (Å²) in [6.07, 6.45) is 0. The van der Waals surface area contributed by atoms with E-state index in [-0.39, 0.29) is 9.77 Å². The molecular weight excluding hydrogens is 266 g/mol. The monoisotopic (exact) mass is 275 g/mol. The highest BCUT2D eigenvalue weighted by molar-refractivity contribution is 7.91.